The van der Waals surface area contributed by atoms with Crippen molar-refractivity contribution in [3.05, 3.63) is 103 Å². The molecule has 0 fully saturated rings. The van der Waals surface area contributed by atoms with E-state index in [4.69, 9.17) is 0 Å². The Morgan fingerprint density at radius 3 is 0.824 bits per heavy atom. The van der Waals surface area contributed by atoms with Gasteiger partial charge in [-0.15, -0.1) is 0 Å². The van der Waals surface area contributed by atoms with Gasteiger partial charge in [0.05, 0.1) is 0 Å². The molecule has 1 heteroatoms. The van der Waals surface area contributed by atoms with Crippen LogP contribution in [-0.2, 0) is 0 Å². The molecule has 0 amide bonds. The van der Waals surface area contributed by atoms with E-state index < -0.39 is 0 Å². The fourth-order valence-corrected chi connectivity index (χ4v) is 3.70. The Bertz CT molecular complexity index is 1010. The van der Waals surface area contributed by atoms with Crippen molar-refractivity contribution in [2.75, 3.05) is 19.0 Å². The van der Waals surface area contributed by atoms with Gasteiger partial charge in [-0.3, -0.25) is 0 Å². The van der Waals surface area contributed by atoms with Gasteiger partial charge in [0.1, 0.15) is 0 Å². The normalized spacial score (nSPS) is 9.32. The summed E-state index contributed by atoms with van der Waals surface area (Å²) in [5, 5.41) is 8.04. The van der Waals surface area contributed by atoms with E-state index in [2.05, 4.69) is 109 Å². The first-order valence-electron chi connectivity index (χ1n) is 12.7. The van der Waals surface area contributed by atoms with E-state index in [-0.39, 0.29) is 0 Å². The summed E-state index contributed by atoms with van der Waals surface area (Å²) in [4.78, 5) is 2.10. The molecule has 0 spiro atoms. The molecule has 34 heavy (non-hydrogen) atoms. The van der Waals surface area contributed by atoms with Crippen LogP contribution in [-0.4, -0.2) is 14.1 Å². The van der Waals surface area contributed by atoms with Crippen molar-refractivity contribution in [3.63, 3.8) is 0 Å². The van der Waals surface area contributed by atoms with Crippen LogP contribution >= 0.6 is 0 Å². The standard InChI is InChI=1S/C18H12.C9H13N.3C2H6/c1-2-8-14-13(7-1)15-9-3-4-11-17(15)18-12-6-5-10-16(14)18;1-8-4-6-9(7-5-8)10(2)3;3*1-2/h1-12H;4-7H,1-3H3;3*1-2H3. The van der Waals surface area contributed by atoms with Gasteiger partial charge in [0.2, 0.25) is 0 Å². The predicted molar refractivity (Wildman–Crippen MR) is 159 cm³/mol. The first-order valence-corrected chi connectivity index (χ1v) is 12.7. The van der Waals surface area contributed by atoms with Crippen molar-refractivity contribution in [3.8, 4) is 0 Å². The molecule has 0 bridgehead atoms. The number of fused-ring (bicyclic) bond motifs is 6. The summed E-state index contributed by atoms with van der Waals surface area (Å²) >= 11 is 0. The van der Waals surface area contributed by atoms with E-state index in [9.17, 15) is 0 Å². The topological polar surface area (TPSA) is 3.24 Å². The van der Waals surface area contributed by atoms with Crippen molar-refractivity contribution >= 4 is 38.0 Å². The third kappa shape index (κ3) is 7.09. The third-order valence-corrected chi connectivity index (χ3v) is 5.20. The zero-order chi connectivity index (χ0) is 25.5. The molecular formula is C33H43N. The highest BCUT2D eigenvalue weighted by Gasteiger charge is 2.06. The molecule has 0 aliphatic rings. The Hall–Kier alpha value is -3.32. The molecule has 0 aliphatic carbocycles. The first kappa shape index (κ1) is 28.7. The average Bonchev–Trinajstić information content (AvgIpc) is 2.93. The smallest absolute Gasteiger partial charge is 0.0361 e. The van der Waals surface area contributed by atoms with E-state index in [0.29, 0.717) is 0 Å². The molecule has 0 aliphatic heterocycles. The van der Waals surface area contributed by atoms with Gasteiger partial charge in [0.15, 0.2) is 0 Å². The Balaban J connectivity index is 0.000000310. The molecule has 0 N–H and O–H groups in total. The van der Waals surface area contributed by atoms with Crippen molar-refractivity contribution in [2.24, 2.45) is 0 Å². The van der Waals surface area contributed by atoms with Crippen LogP contribution in [0.5, 0.6) is 0 Å². The highest BCUT2D eigenvalue weighted by molar-refractivity contribution is 6.25. The number of aryl methyl sites for hydroxylation is 1. The van der Waals surface area contributed by atoms with Crippen molar-refractivity contribution in [2.45, 2.75) is 48.5 Å². The molecule has 0 unspecified atom stereocenters. The largest absolute Gasteiger partial charge is 0.378 e. The molecule has 0 heterocycles. The van der Waals surface area contributed by atoms with Crippen LogP contribution in [0, 0.1) is 6.92 Å². The molecule has 5 rings (SSSR count). The number of rotatable bonds is 1. The summed E-state index contributed by atoms with van der Waals surface area (Å²) < 4.78 is 0. The van der Waals surface area contributed by atoms with Crippen molar-refractivity contribution in [1.29, 1.82) is 0 Å². The fraction of sp³-hybridized carbons (Fsp3) is 0.273. The van der Waals surface area contributed by atoms with Gasteiger partial charge in [-0.1, -0.05) is 132 Å². The minimum atomic E-state index is 1.26. The quantitative estimate of drug-likeness (QED) is 0.228. The Morgan fingerprint density at radius 1 is 0.382 bits per heavy atom. The van der Waals surface area contributed by atoms with Gasteiger partial charge in [-0.2, -0.15) is 0 Å². The van der Waals surface area contributed by atoms with E-state index in [1.54, 1.807) is 0 Å². The lowest BCUT2D eigenvalue weighted by Crippen LogP contribution is -2.07. The lowest BCUT2D eigenvalue weighted by Gasteiger charge is -2.11. The Labute approximate surface area is 208 Å². The lowest BCUT2D eigenvalue weighted by molar-refractivity contribution is 1.13. The SMILES string of the molecule is CC.CC.CC.Cc1ccc(N(C)C)cc1.c1ccc2c(c1)c1ccccc1c1ccccc21. The Morgan fingerprint density at radius 2 is 0.618 bits per heavy atom. The second-order valence-electron chi connectivity index (χ2n) is 7.37. The molecular weight excluding hydrogens is 410 g/mol. The van der Waals surface area contributed by atoms with Crippen molar-refractivity contribution < 1.29 is 0 Å². The van der Waals surface area contributed by atoms with Gasteiger partial charge in [0, 0.05) is 19.8 Å². The third-order valence-electron chi connectivity index (χ3n) is 5.20. The molecule has 0 saturated carbocycles. The van der Waals surface area contributed by atoms with Crippen LogP contribution in [0.25, 0.3) is 32.3 Å². The van der Waals surface area contributed by atoms with Gasteiger partial charge in [-0.05, 0) is 51.4 Å². The molecule has 0 radical (unpaired) electrons. The van der Waals surface area contributed by atoms with Gasteiger partial charge < -0.3 is 4.90 Å². The second-order valence-corrected chi connectivity index (χ2v) is 7.37. The minimum absolute atomic E-state index is 1.26. The van der Waals surface area contributed by atoms with Crippen LogP contribution in [0.3, 0.4) is 0 Å². The van der Waals surface area contributed by atoms with Crippen LogP contribution in [0.1, 0.15) is 47.1 Å². The van der Waals surface area contributed by atoms with Gasteiger partial charge in [0.25, 0.3) is 0 Å². The molecule has 5 aromatic carbocycles. The maximum atomic E-state index is 2.21. The molecule has 5 aromatic rings. The minimum Gasteiger partial charge on any atom is -0.378 e. The average molecular weight is 454 g/mol. The molecule has 1 nitrogen and oxygen atoms in total. The number of hydrogen-bond donors (Lipinski definition) is 0. The summed E-state index contributed by atoms with van der Waals surface area (Å²) in [6.07, 6.45) is 0. The lowest BCUT2D eigenvalue weighted by atomic mass is 9.95. The van der Waals surface area contributed by atoms with Crippen LogP contribution in [0.4, 0.5) is 5.69 Å². The van der Waals surface area contributed by atoms with E-state index >= 15 is 0 Å². The fourth-order valence-electron chi connectivity index (χ4n) is 3.70. The number of anilines is 1. The van der Waals surface area contributed by atoms with Crippen LogP contribution in [0.15, 0.2) is 97.1 Å². The summed E-state index contributed by atoms with van der Waals surface area (Å²) in [7, 11) is 4.09. The maximum absolute atomic E-state index is 2.21. The van der Waals surface area contributed by atoms with Gasteiger partial charge in [-0.25, -0.2) is 0 Å². The number of hydrogen-bond acceptors (Lipinski definition) is 1. The van der Waals surface area contributed by atoms with Crippen LogP contribution in [0.2, 0.25) is 0 Å². The van der Waals surface area contributed by atoms with E-state index in [1.165, 1.54) is 43.6 Å². The summed E-state index contributed by atoms with van der Waals surface area (Å²) in [5.74, 6) is 0. The number of nitrogens with zero attached hydrogens (tertiary/aromatic N) is 1. The molecule has 0 aromatic heterocycles. The van der Waals surface area contributed by atoms with E-state index in [0.717, 1.165) is 0 Å². The summed E-state index contributed by atoms with van der Waals surface area (Å²) in [6.45, 7) is 14.1. The predicted octanol–water partition coefficient (Wildman–Crippen LogP) is 10.3. The zero-order valence-electron chi connectivity index (χ0n) is 22.7. The molecule has 0 saturated heterocycles. The maximum Gasteiger partial charge on any atom is 0.0361 e. The highest BCUT2D eigenvalue weighted by atomic mass is 15.1. The highest BCUT2D eigenvalue weighted by Crippen LogP contribution is 2.34. The van der Waals surface area contributed by atoms with Crippen molar-refractivity contribution in [1.82, 2.24) is 0 Å². The first-order chi connectivity index (χ1) is 16.6. The van der Waals surface area contributed by atoms with E-state index in [1.807, 2.05) is 55.6 Å². The second kappa shape index (κ2) is 15.5. The Kier molecular flexibility index (Phi) is 13.1. The molecule has 180 valence electrons. The zero-order valence-corrected chi connectivity index (χ0v) is 22.7. The summed E-state index contributed by atoms with van der Waals surface area (Å²) in [5.41, 5.74) is 2.57. The van der Waals surface area contributed by atoms with Gasteiger partial charge >= 0.3 is 0 Å². The summed E-state index contributed by atoms with van der Waals surface area (Å²) in [6, 6.07) is 34.4. The molecule has 0 atom stereocenters. The van der Waals surface area contributed by atoms with Crippen LogP contribution < -0.4 is 4.90 Å². The number of benzene rings is 5. The monoisotopic (exact) mass is 453 g/mol.